The number of ether oxygens (including phenoxy) is 1. The highest BCUT2D eigenvalue weighted by molar-refractivity contribution is 5.26. The third-order valence-electron chi connectivity index (χ3n) is 3.51. The maximum atomic E-state index is 13.3. The molecule has 0 radical (unpaired) electrons. The van der Waals surface area contributed by atoms with Crippen LogP contribution in [0.2, 0.25) is 0 Å². The Morgan fingerprint density at radius 3 is 2.39 bits per heavy atom. The summed E-state index contributed by atoms with van der Waals surface area (Å²) in [5.74, 6) is -1.67. The van der Waals surface area contributed by atoms with Crippen LogP contribution in [0.4, 0.5) is 8.78 Å². The molecule has 0 heterocycles. The average Bonchev–Trinajstić information content (AvgIpc) is 2.39. The Kier molecular flexibility index (Phi) is 4.53. The highest BCUT2D eigenvalue weighted by Gasteiger charge is 2.23. The summed E-state index contributed by atoms with van der Waals surface area (Å²) in [6, 6.07) is 3.58. The van der Waals surface area contributed by atoms with Crippen molar-refractivity contribution in [2.75, 3.05) is 6.61 Å². The zero-order chi connectivity index (χ0) is 13.0. The zero-order valence-corrected chi connectivity index (χ0v) is 10.2. The number of rotatable bonds is 4. The van der Waals surface area contributed by atoms with Crippen molar-refractivity contribution >= 4 is 0 Å². The molecule has 1 aliphatic rings. The quantitative estimate of drug-likeness (QED) is 0.895. The van der Waals surface area contributed by atoms with Crippen LogP contribution in [-0.2, 0) is 0 Å². The first-order valence-corrected chi connectivity index (χ1v) is 6.43. The molecule has 0 bridgehead atoms. The second-order valence-electron chi connectivity index (χ2n) is 4.83. The molecule has 1 aromatic carbocycles. The lowest BCUT2D eigenvalue weighted by atomic mass is 9.85. The molecule has 1 aromatic rings. The third kappa shape index (κ3) is 3.19. The van der Waals surface area contributed by atoms with Crippen molar-refractivity contribution in [3.8, 4) is 5.75 Å². The van der Waals surface area contributed by atoms with Crippen LogP contribution < -0.4 is 4.74 Å². The van der Waals surface area contributed by atoms with E-state index < -0.39 is 23.5 Å². The molecule has 0 spiro atoms. The fraction of sp³-hybridized carbons (Fsp3) is 0.571. The van der Waals surface area contributed by atoms with Gasteiger partial charge in [0.25, 0.3) is 0 Å². The van der Waals surface area contributed by atoms with Gasteiger partial charge in [-0.2, -0.15) is 0 Å². The van der Waals surface area contributed by atoms with Crippen LogP contribution in [-0.4, -0.2) is 17.8 Å². The molecular weight excluding hydrogens is 238 g/mol. The minimum absolute atomic E-state index is 0.0531. The van der Waals surface area contributed by atoms with E-state index in [1.54, 1.807) is 0 Å². The van der Waals surface area contributed by atoms with E-state index in [9.17, 15) is 13.9 Å². The van der Waals surface area contributed by atoms with E-state index in [0.717, 1.165) is 37.8 Å². The van der Waals surface area contributed by atoms with Gasteiger partial charge in [-0.05, 0) is 30.9 Å². The van der Waals surface area contributed by atoms with Gasteiger partial charge in [0.2, 0.25) is 0 Å². The van der Waals surface area contributed by atoms with Gasteiger partial charge in [-0.25, -0.2) is 8.78 Å². The summed E-state index contributed by atoms with van der Waals surface area (Å²) < 4.78 is 31.7. The Morgan fingerprint density at radius 2 is 1.78 bits per heavy atom. The van der Waals surface area contributed by atoms with E-state index in [-0.39, 0.29) is 12.5 Å². The van der Waals surface area contributed by atoms with Crippen LogP contribution >= 0.6 is 0 Å². The summed E-state index contributed by atoms with van der Waals surface area (Å²) in [7, 11) is 0. The van der Waals surface area contributed by atoms with Gasteiger partial charge in [0, 0.05) is 0 Å². The van der Waals surface area contributed by atoms with Crippen molar-refractivity contribution in [1.82, 2.24) is 0 Å². The van der Waals surface area contributed by atoms with E-state index in [1.807, 2.05) is 0 Å². The maximum Gasteiger partial charge on any atom is 0.190 e. The first kappa shape index (κ1) is 13.3. The van der Waals surface area contributed by atoms with Gasteiger partial charge < -0.3 is 9.84 Å². The number of benzene rings is 1. The van der Waals surface area contributed by atoms with E-state index in [2.05, 4.69) is 0 Å². The standard InChI is InChI=1S/C14H18F2O2/c15-11-7-4-8-12(16)14(11)18-9-13(17)10-5-2-1-3-6-10/h4,7-8,10,13,17H,1-3,5-6,9H2. The molecule has 18 heavy (non-hydrogen) atoms. The molecule has 1 unspecified atom stereocenters. The lowest BCUT2D eigenvalue weighted by molar-refractivity contribution is 0.0388. The second kappa shape index (κ2) is 6.14. The molecule has 4 heteroatoms. The van der Waals surface area contributed by atoms with E-state index >= 15 is 0 Å². The van der Waals surface area contributed by atoms with Crippen LogP contribution in [0.1, 0.15) is 32.1 Å². The van der Waals surface area contributed by atoms with Crippen molar-refractivity contribution in [2.45, 2.75) is 38.2 Å². The summed E-state index contributed by atoms with van der Waals surface area (Å²) >= 11 is 0. The highest BCUT2D eigenvalue weighted by Crippen LogP contribution is 2.27. The molecule has 1 N–H and O–H groups in total. The molecule has 1 aliphatic carbocycles. The topological polar surface area (TPSA) is 29.5 Å². The van der Waals surface area contributed by atoms with Gasteiger partial charge in [-0.1, -0.05) is 25.3 Å². The maximum absolute atomic E-state index is 13.3. The smallest absolute Gasteiger partial charge is 0.190 e. The number of halogens is 2. The first-order valence-electron chi connectivity index (χ1n) is 6.43. The lowest BCUT2D eigenvalue weighted by Crippen LogP contribution is -2.29. The molecular formula is C14H18F2O2. The Bertz CT molecular complexity index is 369. The van der Waals surface area contributed by atoms with Crippen LogP contribution in [0.15, 0.2) is 18.2 Å². The summed E-state index contributed by atoms with van der Waals surface area (Å²) in [5, 5.41) is 9.95. The Morgan fingerprint density at radius 1 is 1.17 bits per heavy atom. The first-order chi connectivity index (χ1) is 8.68. The summed E-state index contributed by atoms with van der Waals surface area (Å²) in [6.07, 6.45) is 4.69. The average molecular weight is 256 g/mol. The minimum Gasteiger partial charge on any atom is -0.485 e. The third-order valence-corrected chi connectivity index (χ3v) is 3.51. The van der Waals surface area contributed by atoms with Gasteiger partial charge in [-0.15, -0.1) is 0 Å². The van der Waals surface area contributed by atoms with Gasteiger partial charge in [0.1, 0.15) is 6.61 Å². The monoisotopic (exact) mass is 256 g/mol. The lowest BCUT2D eigenvalue weighted by Gasteiger charge is -2.26. The molecule has 100 valence electrons. The van der Waals surface area contributed by atoms with E-state index in [0.29, 0.717) is 0 Å². The molecule has 0 aromatic heterocycles. The van der Waals surface area contributed by atoms with Crippen molar-refractivity contribution in [3.63, 3.8) is 0 Å². The van der Waals surface area contributed by atoms with Crippen molar-refractivity contribution in [1.29, 1.82) is 0 Å². The number of hydrogen-bond acceptors (Lipinski definition) is 2. The number of aliphatic hydroxyl groups excluding tert-OH is 1. The zero-order valence-electron chi connectivity index (χ0n) is 10.2. The molecule has 0 aliphatic heterocycles. The van der Waals surface area contributed by atoms with Crippen molar-refractivity contribution < 1.29 is 18.6 Å². The van der Waals surface area contributed by atoms with Crippen LogP contribution in [0.25, 0.3) is 0 Å². The van der Waals surface area contributed by atoms with Gasteiger partial charge in [0.15, 0.2) is 17.4 Å². The highest BCUT2D eigenvalue weighted by atomic mass is 19.1. The van der Waals surface area contributed by atoms with E-state index in [1.165, 1.54) is 12.5 Å². The van der Waals surface area contributed by atoms with Gasteiger partial charge in [-0.3, -0.25) is 0 Å². The Hall–Kier alpha value is -1.16. The molecule has 0 saturated heterocycles. The van der Waals surface area contributed by atoms with Gasteiger partial charge in [0.05, 0.1) is 6.10 Å². The molecule has 2 rings (SSSR count). The molecule has 2 nitrogen and oxygen atoms in total. The Labute approximate surface area is 106 Å². The number of hydrogen-bond donors (Lipinski definition) is 1. The minimum atomic E-state index is -0.731. The number of para-hydroxylation sites is 1. The fourth-order valence-electron chi connectivity index (χ4n) is 2.44. The summed E-state index contributed by atoms with van der Waals surface area (Å²) in [6.45, 7) is -0.0531. The fourth-order valence-corrected chi connectivity index (χ4v) is 2.44. The van der Waals surface area contributed by atoms with Gasteiger partial charge >= 0.3 is 0 Å². The SMILES string of the molecule is OC(COc1c(F)cccc1F)C1CCCCC1. The van der Waals surface area contributed by atoms with Crippen molar-refractivity contribution in [2.24, 2.45) is 5.92 Å². The van der Waals surface area contributed by atoms with Crippen LogP contribution in [0, 0.1) is 17.6 Å². The normalized spacial score (nSPS) is 18.6. The van der Waals surface area contributed by atoms with Crippen molar-refractivity contribution in [3.05, 3.63) is 29.8 Å². The Balaban J connectivity index is 1.90. The van der Waals surface area contributed by atoms with E-state index in [4.69, 9.17) is 4.74 Å². The molecule has 1 saturated carbocycles. The predicted molar refractivity (Wildman–Crippen MR) is 64.4 cm³/mol. The summed E-state index contributed by atoms with van der Waals surface area (Å²) in [4.78, 5) is 0. The second-order valence-corrected chi connectivity index (χ2v) is 4.83. The van der Waals surface area contributed by atoms with Crippen LogP contribution in [0.5, 0.6) is 5.75 Å². The molecule has 0 amide bonds. The number of aliphatic hydroxyl groups is 1. The summed E-state index contributed by atoms with van der Waals surface area (Å²) in [5.41, 5.74) is 0. The molecule has 1 fully saturated rings. The van der Waals surface area contributed by atoms with Crippen LogP contribution in [0.3, 0.4) is 0 Å². The predicted octanol–water partition coefficient (Wildman–Crippen LogP) is 3.28. The molecule has 1 atom stereocenters. The largest absolute Gasteiger partial charge is 0.485 e.